The van der Waals surface area contributed by atoms with Crippen LogP contribution in [0.1, 0.15) is 24.2 Å². The summed E-state index contributed by atoms with van der Waals surface area (Å²) < 4.78 is 28.7. The maximum Gasteiger partial charge on any atom is 0.387 e. The van der Waals surface area contributed by atoms with Crippen molar-refractivity contribution in [3.05, 3.63) is 47.8 Å². The smallest absolute Gasteiger partial charge is 0.387 e. The van der Waals surface area contributed by atoms with Crippen LogP contribution in [-0.2, 0) is 6.54 Å². The molecule has 0 saturated carbocycles. The fourth-order valence-corrected chi connectivity index (χ4v) is 1.72. The van der Waals surface area contributed by atoms with Gasteiger partial charge in [0.05, 0.1) is 0 Å². The number of hydrogen-bond donors (Lipinski definition) is 2. The van der Waals surface area contributed by atoms with Crippen LogP contribution in [0.25, 0.3) is 0 Å². The van der Waals surface area contributed by atoms with Crippen molar-refractivity contribution >= 4 is 0 Å². The van der Waals surface area contributed by atoms with Crippen molar-refractivity contribution in [1.82, 2.24) is 15.5 Å². The van der Waals surface area contributed by atoms with Gasteiger partial charge in [0.15, 0.2) is 0 Å². The van der Waals surface area contributed by atoms with Crippen molar-refractivity contribution in [2.24, 2.45) is 0 Å². The molecule has 0 aliphatic rings. The molecule has 19 heavy (non-hydrogen) atoms. The molecule has 4 nitrogen and oxygen atoms in total. The second-order valence-electron chi connectivity index (χ2n) is 4.14. The molecule has 1 unspecified atom stereocenters. The molecular weight excluding hydrogens is 252 g/mol. The molecule has 1 aromatic carbocycles. The normalized spacial score (nSPS) is 12.6. The topological polar surface area (TPSA) is 49.9 Å². The molecule has 1 aromatic heterocycles. The van der Waals surface area contributed by atoms with Crippen molar-refractivity contribution in [2.45, 2.75) is 26.1 Å². The van der Waals surface area contributed by atoms with Gasteiger partial charge in [-0.25, -0.2) is 0 Å². The van der Waals surface area contributed by atoms with Gasteiger partial charge in [-0.3, -0.25) is 5.10 Å². The Balaban J connectivity index is 1.96. The molecule has 0 amide bonds. The first-order valence-electron chi connectivity index (χ1n) is 5.91. The van der Waals surface area contributed by atoms with Gasteiger partial charge in [0, 0.05) is 24.5 Å². The second-order valence-corrected chi connectivity index (χ2v) is 4.14. The van der Waals surface area contributed by atoms with Crippen LogP contribution in [0.2, 0.25) is 0 Å². The molecule has 2 N–H and O–H groups in total. The number of H-pyrrole nitrogens is 1. The molecule has 0 spiro atoms. The van der Waals surface area contributed by atoms with Crippen LogP contribution >= 0.6 is 0 Å². The Hall–Kier alpha value is -1.95. The predicted molar refractivity (Wildman–Crippen MR) is 66.9 cm³/mol. The average Bonchev–Trinajstić information content (AvgIpc) is 2.88. The standard InChI is InChI=1S/C13H15F2N3O/c1-9(16-8-11-5-6-17-18-11)10-3-2-4-12(7-10)19-13(14)15/h2-7,9,13,16H,8H2,1H3,(H,17,18). The third-order valence-electron chi connectivity index (χ3n) is 2.74. The lowest BCUT2D eigenvalue weighted by Gasteiger charge is -2.14. The summed E-state index contributed by atoms with van der Waals surface area (Å²) in [5, 5.41) is 9.96. The Morgan fingerprint density at radius 2 is 2.21 bits per heavy atom. The number of nitrogens with one attached hydrogen (secondary N) is 2. The highest BCUT2D eigenvalue weighted by molar-refractivity contribution is 5.30. The van der Waals surface area contributed by atoms with E-state index >= 15 is 0 Å². The second kappa shape index (κ2) is 6.29. The van der Waals surface area contributed by atoms with Crippen LogP contribution in [0.15, 0.2) is 36.5 Å². The first kappa shape index (κ1) is 13.5. The summed E-state index contributed by atoms with van der Waals surface area (Å²) in [6.07, 6.45) is 1.68. The number of hydrogen-bond acceptors (Lipinski definition) is 3. The number of rotatable bonds is 6. The minimum Gasteiger partial charge on any atom is -0.435 e. The van der Waals surface area contributed by atoms with E-state index in [4.69, 9.17) is 0 Å². The number of aromatic amines is 1. The minimum absolute atomic E-state index is 0.0181. The highest BCUT2D eigenvalue weighted by Gasteiger charge is 2.09. The van der Waals surface area contributed by atoms with Crippen molar-refractivity contribution in [3.8, 4) is 5.75 Å². The first-order valence-corrected chi connectivity index (χ1v) is 5.91. The lowest BCUT2D eigenvalue weighted by molar-refractivity contribution is -0.0499. The summed E-state index contributed by atoms with van der Waals surface area (Å²) in [6.45, 7) is -0.220. The predicted octanol–water partition coefficient (Wildman–Crippen LogP) is 2.86. The Labute approximate surface area is 109 Å². The van der Waals surface area contributed by atoms with Crippen molar-refractivity contribution in [3.63, 3.8) is 0 Å². The largest absolute Gasteiger partial charge is 0.435 e. The van der Waals surface area contributed by atoms with Crippen LogP contribution in [0, 0.1) is 0 Å². The Morgan fingerprint density at radius 1 is 1.37 bits per heavy atom. The van der Waals surface area contributed by atoms with Gasteiger partial charge < -0.3 is 10.1 Å². The monoisotopic (exact) mass is 267 g/mol. The van der Waals surface area contributed by atoms with Crippen LogP contribution in [0.5, 0.6) is 5.75 Å². The lowest BCUT2D eigenvalue weighted by atomic mass is 10.1. The molecule has 1 atom stereocenters. The number of halogens is 2. The molecule has 0 fully saturated rings. The zero-order valence-electron chi connectivity index (χ0n) is 10.4. The Kier molecular flexibility index (Phi) is 4.46. The Bertz CT molecular complexity index is 502. The van der Waals surface area contributed by atoms with E-state index in [9.17, 15) is 8.78 Å². The van der Waals surface area contributed by atoms with Gasteiger partial charge in [-0.05, 0) is 30.7 Å². The summed E-state index contributed by atoms with van der Waals surface area (Å²) in [5.74, 6) is 0.169. The van der Waals surface area contributed by atoms with Crippen LogP contribution in [-0.4, -0.2) is 16.8 Å². The fourth-order valence-electron chi connectivity index (χ4n) is 1.72. The molecule has 0 aliphatic carbocycles. The number of aromatic nitrogens is 2. The number of benzene rings is 1. The lowest BCUT2D eigenvalue weighted by Crippen LogP contribution is -2.18. The van der Waals surface area contributed by atoms with E-state index in [2.05, 4.69) is 20.3 Å². The van der Waals surface area contributed by atoms with E-state index in [1.807, 2.05) is 19.1 Å². The Morgan fingerprint density at radius 3 is 2.89 bits per heavy atom. The highest BCUT2D eigenvalue weighted by atomic mass is 19.3. The summed E-state index contributed by atoms with van der Waals surface area (Å²) in [7, 11) is 0. The summed E-state index contributed by atoms with van der Waals surface area (Å²) in [4.78, 5) is 0. The maximum absolute atomic E-state index is 12.1. The molecule has 2 aromatic rings. The molecule has 6 heteroatoms. The molecule has 0 radical (unpaired) electrons. The molecule has 102 valence electrons. The molecular formula is C13H15F2N3O. The van der Waals surface area contributed by atoms with Crippen molar-refractivity contribution in [1.29, 1.82) is 0 Å². The van der Waals surface area contributed by atoms with E-state index in [-0.39, 0.29) is 11.8 Å². The SMILES string of the molecule is CC(NCc1ccn[nH]1)c1cccc(OC(F)F)c1. The molecule has 0 saturated heterocycles. The van der Waals surface area contributed by atoms with E-state index in [0.717, 1.165) is 11.3 Å². The maximum atomic E-state index is 12.1. The van der Waals surface area contributed by atoms with Gasteiger partial charge in [0.25, 0.3) is 0 Å². The van der Waals surface area contributed by atoms with Gasteiger partial charge in [0.2, 0.25) is 0 Å². The van der Waals surface area contributed by atoms with Gasteiger partial charge in [-0.1, -0.05) is 12.1 Å². The van der Waals surface area contributed by atoms with Crippen LogP contribution < -0.4 is 10.1 Å². The van der Waals surface area contributed by atoms with E-state index in [0.29, 0.717) is 6.54 Å². The van der Waals surface area contributed by atoms with Crippen LogP contribution in [0.4, 0.5) is 8.78 Å². The van der Waals surface area contributed by atoms with E-state index < -0.39 is 6.61 Å². The van der Waals surface area contributed by atoms with E-state index in [1.165, 1.54) is 6.07 Å². The highest BCUT2D eigenvalue weighted by Crippen LogP contribution is 2.20. The summed E-state index contributed by atoms with van der Waals surface area (Å²) in [6, 6.07) is 8.57. The summed E-state index contributed by atoms with van der Waals surface area (Å²) >= 11 is 0. The third kappa shape index (κ3) is 4.03. The number of alkyl halides is 2. The minimum atomic E-state index is -2.80. The van der Waals surface area contributed by atoms with Gasteiger partial charge in [-0.2, -0.15) is 13.9 Å². The molecule has 0 bridgehead atoms. The van der Waals surface area contributed by atoms with Crippen LogP contribution in [0.3, 0.4) is 0 Å². The van der Waals surface area contributed by atoms with Gasteiger partial charge in [0.1, 0.15) is 5.75 Å². The van der Waals surface area contributed by atoms with E-state index in [1.54, 1.807) is 18.3 Å². The van der Waals surface area contributed by atoms with Crippen molar-refractivity contribution < 1.29 is 13.5 Å². The quantitative estimate of drug-likeness (QED) is 0.846. The number of ether oxygens (including phenoxy) is 1. The third-order valence-corrected chi connectivity index (χ3v) is 2.74. The molecule has 1 heterocycles. The fraction of sp³-hybridized carbons (Fsp3) is 0.308. The molecule has 0 aliphatic heterocycles. The van der Waals surface area contributed by atoms with Gasteiger partial charge >= 0.3 is 6.61 Å². The van der Waals surface area contributed by atoms with Crippen molar-refractivity contribution in [2.75, 3.05) is 0 Å². The average molecular weight is 267 g/mol. The summed E-state index contributed by atoms with van der Waals surface area (Å²) in [5.41, 5.74) is 1.85. The first-order chi connectivity index (χ1) is 9.15. The zero-order valence-corrected chi connectivity index (χ0v) is 10.4. The zero-order chi connectivity index (χ0) is 13.7. The number of nitrogens with zero attached hydrogens (tertiary/aromatic N) is 1. The van der Waals surface area contributed by atoms with Gasteiger partial charge in [-0.15, -0.1) is 0 Å². The molecule has 2 rings (SSSR count).